The Morgan fingerprint density at radius 3 is 2.46 bits per heavy atom. The van der Waals surface area contributed by atoms with Gasteiger partial charge in [-0.15, -0.1) is 11.3 Å². The molecular formula is C34H33NOS. The zero-order valence-corrected chi connectivity index (χ0v) is 23.3. The molecule has 0 aliphatic heterocycles. The average Bonchev–Trinajstić information content (AvgIpc) is 3.46. The number of nitrogens with zero attached hydrogens (tertiary/aromatic N) is 1. The molecule has 0 amide bonds. The maximum atomic E-state index is 6.37. The van der Waals surface area contributed by atoms with Crippen molar-refractivity contribution in [1.29, 1.82) is 0 Å². The van der Waals surface area contributed by atoms with E-state index < -0.39 is 0 Å². The number of thiophene rings is 1. The number of hydrogen-bond donors (Lipinski definition) is 0. The third kappa shape index (κ3) is 4.26. The van der Waals surface area contributed by atoms with Crippen molar-refractivity contribution in [2.45, 2.75) is 53.4 Å². The van der Waals surface area contributed by atoms with E-state index in [0.717, 1.165) is 33.9 Å². The van der Waals surface area contributed by atoms with Crippen LogP contribution in [0.4, 0.5) is 0 Å². The first kappa shape index (κ1) is 23.9. The van der Waals surface area contributed by atoms with Crippen LogP contribution >= 0.6 is 11.3 Å². The van der Waals surface area contributed by atoms with E-state index in [0.29, 0.717) is 5.92 Å². The highest BCUT2D eigenvalue weighted by atomic mass is 32.1. The van der Waals surface area contributed by atoms with Crippen LogP contribution in [0.1, 0.15) is 51.5 Å². The fraction of sp³-hybridized carbons (Fsp3) is 0.265. The zero-order chi connectivity index (χ0) is 25.9. The van der Waals surface area contributed by atoms with Gasteiger partial charge >= 0.3 is 0 Å². The maximum absolute atomic E-state index is 6.37. The molecule has 0 unspecified atom stereocenters. The van der Waals surface area contributed by atoms with E-state index in [2.05, 4.69) is 114 Å². The molecule has 0 saturated carbocycles. The van der Waals surface area contributed by atoms with Crippen LogP contribution in [0.5, 0.6) is 0 Å². The molecule has 0 saturated heterocycles. The number of furan rings is 1. The Hall–Kier alpha value is -3.43. The lowest BCUT2D eigenvalue weighted by atomic mass is 9.82. The Balaban J connectivity index is 1.55. The van der Waals surface area contributed by atoms with Gasteiger partial charge in [-0.2, -0.15) is 0 Å². The van der Waals surface area contributed by atoms with Crippen molar-refractivity contribution in [3.63, 3.8) is 0 Å². The first-order valence-corrected chi connectivity index (χ1v) is 14.0. The molecular weight excluding hydrogens is 470 g/mol. The highest BCUT2D eigenvalue weighted by molar-refractivity contribution is 7.16. The predicted molar refractivity (Wildman–Crippen MR) is 160 cm³/mol. The molecule has 3 heteroatoms. The van der Waals surface area contributed by atoms with E-state index in [-0.39, 0.29) is 5.41 Å². The number of aromatic nitrogens is 1. The molecule has 0 spiro atoms. The molecule has 0 bridgehead atoms. The fourth-order valence-corrected chi connectivity index (χ4v) is 6.21. The molecule has 3 heterocycles. The summed E-state index contributed by atoms with van der Waals surface area (Å²) in [5.74, 6) is 1.66. The second-order valence-electron chi connectivity index (χ2n) is 11.6. The zero-order valence-electron chi connectivity index (χ0n) is 22.5. The number of pyridine rings is 1. The van der Waals surface area contributed by atoms with E-state index in [4.69, 9.17) is 9.40 Å². The van der Waals surface area contributed by atoms with Crippen LogP contribution in [0.2, 0.25) is 0 Å². The minimum atomic E-state index is 0.0291. The van der Waals surface area contributed by atoms with Crippen molar-refractivity contribution < 1.29 is 4.42 Å². The molecule has 0 fully saturated rings. The van der Waals surface area contributed by atoms with Crippen molar-refractivity contribution in [2.75, 3.05) is 0 Å². The normalized spacial score (nSPS) is 12.4. The summed E-state index contributed by atoms with van der Waals surface area (Å²) in [5, 5.41) is 7.11. The van der Waals surface area contributed by atoms with Gasteiger partial charge in [-0.3, -0.25) is 0 Å². The first-order chi connectivity index (χ1) is 17.7. The van der Waals surface area contributed by atoms with Crippen LogP contribution < -0.4 is 0 Å². The summed E-state index contributed by atoms with van der Waals surface area (Å²) in [5.41, 5.74) is 8.15. The largest absolute Gasteiger partial charge is 0.461 e. The molecule has 3 aromatic heterocycles. The third-order valence-electron chi connectivity index (χ3n) is 7.35. The summed E-state index contributed by atoms with van der Waals surface area (Å²) in [7, 11) is 0. The van der Waals surface area contributed by atoms with Crippen LogP contribution in [-0.2, 0) is 11.8 Å². The predicted octanol–water partition coefficient (Wildman–Crippen LogP) is 10.3. The Morgan fingerprint density at radius 1 is 0.865 bits per heavy atom. The lowest BCUT2D eigenvalue weighted by Crippen LogP contribution is -2.12. The second-order valence-corrected chi connectivity index (χ2v) is 12.5. The average molecular weight is 504 g/mol. The summed E-state index contributed by atoms with van der Waals surface area (Å²) >= 11 is 1.70. The molecule has 0 aliphatic rings. The minimum absolute atomic E-state index is 0.0291. The van der Waals surface area contributed by atoms with Gasteiger partial charge in [-0.25, -0.2) is 4.98 Å². The van der Waals surface area contributed by atoms with Gasteiger partial charge in [-0.05, 0) is 87.0 Å². The molecule has 37 heavy (non-hydrogen) atoms. The monoisotopic (exact) mass is 503 g/mol. The summed E-state index contributed by atoms with van der Waals surface area (Å²) < 4.78 is 6.37. The van der Waals surface area contributed by atoms with Gasteiger partial charge in [-0.1, -0.05) is 71.0 Å². The van der Waals surface area contributed by atoms with E-state index in [9.17, 15) is 0 Å². The molecule has 0 N–H and O–H groups in total. The Labute approximate surface area is 223 Å². The number of rotatable bonds is 4. The fourth-order valence-electron chi connectivity index (χ4n) is 5.42. The molecule has 0 radical (unpaired) electrons. The van der Waals surface area contributed by atoms with Gasteiger partial charge in [0.2, 0.25) is 0 Å². The quantitative estimate of drug-likeness (QED) is 0.239. The van der Waals surface area contributed by atoms with Gasteiger partial charge in [0, 0.05) is 22.8 Å². The van der Waals surface area contributed by atoms with E-state index in [1.807, 2.05) is 0 Å². The molecule has 0 aliphatic carbocycles. The van der Waals surface area contributed by atoms with Crippen molar-refractivity contribution in [1.82, 2.24) is 4.98 Å². The lowest BCUT2D eigenvalue weighted by Gasteiger charge is -2.23. The highest BCUT2D eigenvalue weighted by Crippen LogP contribution is 2.39. The maximum Gasteiger partial charge on any atom is 0.135 e. The lowest BCUT2D eigenvalue weighted by molar-refractivity contribution is 0.496. The van der Waals surface area contributed by atoms with Crippen molar-refractivity contribution in [3.8, 4) is 22.4 Å². The smallest absolute Gasteiger partial charge is 0.135 e. The highest BCUT2D eigenvalue weighted by Gasteiger charge is 2.20. The van der Waals surface area contributed by atoms with Gasteiger partial charge in [0.15, 0.2) is 0 Å². The Bertz CT molecular complexity index is 1780. The van der Waals surface area contributed by atoms with E-state index >= 15 is 0 Å². The Kier molecular flexibility index (Phi) is 5.72. The molecule has 2 nitrogen and oxygen atoms in total. The number of aryl methyl sites for hydroxylation is 1. The molecule has 186 valence electrons. The minimum Gasteiger partial charge on any atom is -0.461 e. The van der Waals surface area contributed by atoms with Gasteiger partial charge in [0.1, 0.15) is 16.2 Å². The number of hydrogen-bond acceptors (Lipinski definition) is 3. The van der Waals surface area contributed by atoms with Crippen LogP contribution in [0.15, 0.2) is 76.5 Å². The van der Waals surface area contributed by atoms with Crippen LogP contribution in [0, 0.1) is 12.8 Å². The first-order valence-electron chi connectivity index (χ1n) is 13.1. The van der Waals surface area contributed by atoms with E-state index in [1.54, 1.807) is 11.3 Å². The van der Waals surface area contributed by atoms with Gasteiger partial charge in [0.25, 0.3) is 0 Å². The summed E-state index contributed by atoms with van der Waals surface area (Å²) in [6.07, 6.45) is 0.960. The topological polar surface area (TPSA) is 26.0 Å². The molecule has 3 aromatic carbocycles. The molecule has 6 aromatic rings. The van der Waals surface area contributed by atoms with Crippen LogP contribution in [-0.4, -0.2) is 4.98 Å². The standard InChI is InChI=1S/C34H33NOS/c1-20(2)15-31-21(3)25-12-11-23(18-32(25)36-31)28-19-30(35-33-27(28)13-14-37-33)24-16-22-9-7-8-10-26(22)29(17-24)34(4,5)6/h7-14,16-20H,15H2,1-6H3. The van der Waals surface area contributed by atoms with Crippen molar-refractivity contribution in [2.24, 2.45) is 5.92 Å². The van der Waals surface area contributed by atoms with E-state index in [1.165, 1.54) is 43.8 Å². The van der Waals surface area contributed by atoms with Gasteiger partial charge in [0.05, 0.1) is 5.69 Å². The van der Waals surface area contributed by atoms with Crippen LogP contribution in [0.25, 0.3) is 54.3 Å². The van der Waals surface area contributed by atoms with Crippen LogP contribution in [0.3, 0.4) is 0 Å². The van der Waals surface area contributed by atoms with Crippen molar-refractivity contribution in [3.05, 3.63) is 89.0 Å². The number of fused-ring (bicyclic) bond motifs is 3. The molecule has 6 rings (SSSR count). The second kappa shape index (κ2) is 8.85. The number of benzene rings is 3. The van der Waals surface area contributed by atoms with Gasteiger partial charge < -0.3 is 4.42 Å². The SMILES string of the molecule is Cc1c(CC(C)C)oc2cc(-c3cc(-c4cc(C(C)(C)C)c5ccccc5c4)nc4sccc34)ccc12. The summed E-state index contributed by atoms with van der Waals surface area (Å²) in [4.78, 5) is 6.19. The Morgan fingerprint density at radius 2 is 1.68 bits per heavy atom. The summed E-state index contributed by atoms with van der Waals surface area (Å²) in [6, 6.07) is 24.4. The van der Waals surface area contributed by atoms with Crippen molar-refractivity contribution >= 4 is 43.3 Å². The third-order valence-corrected chi connectivity index (χ3v) is 8.15. The molecule has 0 atom stereocenters. The summed E-state index contributed by atoms with van der Waals surface area (Å²) in [6.45, 7) is 13.5.